The Labute approximate surface area is 121 Å². The number of aromatic amines is 1. The number of H-pyrrole nitrogens is 1. The number of hydrogen-bond donors (Lipinski definition) is 3. The lowest BCUT2D eigenvalue weighted by Gasteiger charge is -2.13. The zero-order chi connectivity index (χ0) is 15.6. The van der Waals surface area contributed by atoms with Crippen LogP contribution in [-0.2, 0) is 13.1 Å². The minimum absolute atomic E-state index is 0.136. The van der Waals surface area contributed by atoms with Gasteiger partial charge in [0.25, 0.3) is 5.56 Å². The summed E-state index contributed by atoms with van der Waals surface area (Å²) in [6.07, 6.45) is 0.736. The number of nitrogens with two attached hydrogens (primary N) is 1. The van der Waals surface area contributed by atoms with Gasteiger partial charge in [0.1, 0.15) is 17.3 Å². The van der Waals surface area contributed by atoms with E-state index in [-0.39, 0.29) is 11.5 Å². The molecular weight excluding hydrogens is 274 g/mol. The average molecular weight is 293 g/mol. The van der Waals surface area contributed by atoms with Gasteiger partial charge in [0.05, 0.1) is 5.69 Å². The molecule has 0 aliphatic rings. The van der Waals surface area contributed by atoms with Crippen molar-refractivity contribution in [2.24, 2.45) is 0 Å². The van der Waals surface area contributed by atoms with Gasteiger partial charge in [-0.3, -0.25) is 14.3 Å². The first-order chi connectivity index (χ1) is 9.95. The van der Waals surface area contributed by atoms with E-state index in [9.17, 15) is 9.59 Å². The number of aryl methyl sites for hydroxylation is 2. The molecule has 0 saturated carbocycles. The molecule has 2 rings (SSSR count). The van der Waals surface area contributed by atoms with E-state index in [4.69, 9.17) is 10.3 Å². The van der Waals surface area contributed by atoms with E-state index >= 15 is 0 Å². The van der Waals surface area contributed by atoms with E-state index < -0.39 is 11.2 Å². The van der Waals surface area contributed by atoms with Gasteiger partial charge >= 0.3 is 5.69 Å². The van der Waals surface area contributed by atoms with Crippen molar-refractivity contribution in [3.8, 4) is 0 Å². The van der Waals surface area contributed by atoms with E-state index in [1.807, 2.05) is 13.8 Å². The predicted octanol–water partition coefficient (Wildman–Crippen LogP) is 0.746. The third-order valence-corrected chi connectivity index (χ3v) is 3.31. The minimum Gasteiger partial charge on any atom is -0.383 e. The van der Waals surface area contributed by atoms with Gasteiger partial charge in [-0.05, 0) is 20.3 Å². The second-order valence-corrected chi connectivity index (χ2v) is 4.83. The molecule has 8 heteroatoms. The average Bonchev–Trinajstić information content (AvgIpc) is 2.74. The molecule has 0 spiro atoms. The molecule has 0 aliphatic heterocycles. The molecular formula is C13H19N5O3. The summed E-state index contributed by atoms with van der Waals surface area (Å²) in [7, 11) is 0. The van der Waals surface area contributed by atoms with Crippen molar-refractivity contribution in [3.05, 3.63) is 37.9 Å². The molecule has 0 aromatic carbocycles. The first-order valence-corrected chi connectivity index (χ1v) is 6.73. The lowest BCUT2D eigenvalue weighted by Crippen LogP contribution is -2.34. The third-order valence-electron chi connectivity index (χ3n) is 3.31. The third kappa shape index (κ3) is 2.83. The Morgan fingerprint density at radius 1 is 1.38 bits per heavy atom. The Balaban J connectivity index is 2.34. The van der Waals surface area contributed by atoms with Gasteiger partial charge in [0, 0.05) is 18.7 Å². The highest BCUT2D eigenvalue weighted by molar-refractivity contribution is 5.60. The number of anilines is 2. The summed E-state index contributed by atoms with van der Waals surface area (Å²) in [6.45, 7) is 6.33. The maximum Gasteiger partial charge on any atom is 0.330 e. The predicted molar refractivity (Wildman–Crippen MR) is 79.3 cm³/mol. The number of aromatic nitrogens is 3. The number of nitrogen functional groups attached to an aromatic ring is 1. The molecule has 0 aliphatic carbocycles. The van der Waals surface area contributed by atoms with Crippen LogP contribution in [0.2, 0.25) is 0 Å². The summed E-state index contributed by atoms with van der Waals surface area (Å²) in [5, 5.41) is 6.81. The molecule has 2 heterocycles. The SMILES string of the molecule is CCCn1c(N)c(NCc2c(C)noc2C)c(=O)[nH]c1=O. The van der Waals surface area contributed by atoms with Crippen LogP contribution in [0.5, 0.6) is 0 Å². The Morgan fingerprint density at radius 3 is 2.67 bits per heavy atom. The second kappa shape index (κ2) is 5.86. The topological polar surface area (TPSA) is 119 Å². The standard InChI is InChI=1S/C13H19N5O3/c1-4-5-18-11(14)10(12(19)16-13(18)20)15-6-9-7(2)17-21-8(9)3/h15H,4-6,14H2,1-3H3,(H,16,19,20). The number of nitrogens with one attached hydrogen (secondary N) is 2. The molecule has 8 nitrogen and oxygen atoms in total. The molecule has 0 bridgehead atoms. The van der Waals surface area contributed by atoms with Gasteiger partial charge in [-0.2, -0.15) is 0 Å². The van der Waals surface area contributed by atoms with Crippen LogP contribution in [0.1, 0.15) is 30.4 Å². The normalized spacial score (nSPS) is 10.8. The highest BCUT2D eigenvalue weighted by atomic mass is 16.5. The Hall–Kier alpha value is -2.51. The maximum atomic E-state index is 11.9. The van der Waals surface area contributed by atoms with E-state index in [0.717, 1.165) is 17.7 Å². The van der Waals surface area contributed by atoms with Crippen molar-refractivity contribution in [1.82, 2.24) is 14.7 Å². The van der Waals surface area contributed by atoms with E-state index in [2.05, 4.69) is 15.5 Å². The molecule has 114 valence electrons. The highest BCUT2D eigenvalue weighted by Gasteiger charge is 2.14. The zero-order valence-electron chi connectivity index (χ0n) is 12.3. The number of rotatable bonds is 5. The van der Waals surface area contributed by atoms with Crippen LogP contribution in [0.4, 0.5) is 11.5 Å². The molecule has 0 atom stereocenters. The van der Waals surface area contributed by atoms with Crippen LogP contribution in [0.3, 0.4) is 0 Å². The fourth-order valence-corrected chi connectivity index (χ4v) is 2.14. The van der Waals surface area contributed by atoms with Gasteiger partial charge in [-0.25, -0.2) is 4.79 Å². The fraction of sp³-hybridized carbons (Fsp3) is 0.462. The molecule has 0 amide bonds. The zero-order valence-corrected chi connectivity index (χ0v) is 12.3. The lowest BCUT2D eigenvalue weighted by atomic mass is 10.2. The van der Waals surface area contributed by atoms with Crippen LogP contribution in [0.15, 0.2) is 14.1 Å². The van der Waals surface area contributed by atoms with Crippen molar-refractivity contribution in [3.63, 3.8) is 0 Å². The van der Waals surface area contributed by atoms with Crippen LogP contribution in [-0.4, -0.2) is 14.7 Å². The highest BCUT2D eigenvalue weighted by Crippen LogP contribution is 2.16. The Bertz CT molecular complexity index is 737. The van der Waals surface area contributed by atoms with E-state index in [0.29, 0.717) is 18.8 Å². The van der Waals surface area contributed by atoms with Crippen molar-refractivity contribution >= 4 is 11.5 Å². The fourth-order valence-electron chi connectivity index (χ4n) is 2.14. The molecule has 2 aromatic rings. The van der Waals surface area contributed by atoms with E-state index in [1.54, 1.807) is 6.92 Å². The number of hydrogen-bond acceptors (Lipinski definition) is 6. The molecule has 21 heavy (non-hydrogen) atoms. The van der Waals surface area contributed by atoms with Crippen LogP contribution >= 0.6 is 0 Å². The summed E-state index contributed by atoms with van der Waals surface area (Å²) >= 11 is 0. The number of nitrogens with zero attached hydrogens (tertiary/aromatic N) is 2. The summed E-state index contributed by atoms with van der Waals surface area (Å²) in [6, 6.07) is 0. The summed E-state index contributed by atoms with van der Waals surface area (Å²) in [5.74, 6) is 0.814. The Kier molecular flexibility index (Phi) is 4.15. The molecule has 2 aromatic heterocycles. The van der Waals surface area contributed by atoms with E-state index in [1.165, 1.54) is 4.57 Å². The first kappa shape index (κ1) is 14.9. The second-order valence-electron chi connectivity index (χ2n) is 4.83. The monoisotopic (exact) mass is 293 g/mol. The summed E-state index contributed by atoms with van der Waals surface area (Å²) in [4.78, 5) is 25.9. The summed E-state index contributed by atoms with van der Waals surface area (Å²) in [5.41, 5.74) is 6.69. The largest absolute Gasteiger partial charge is 0.383 e. The van der Waals surface area contributed by atoms with Crippen molar-refractivity contribution in [2.75, 3.05) is 11.1 Å². The van der Waals surface area contributed by atoms with Crippen LogP contribution in [0.25, 0.3) is 0 Å². The molecule has 0 fully saturated rings. The van der Waals surface area contributed by atoms with Crippen LogP contribution in [0, 0.1) is 13.8 Å². The van der Waals surface area contributed by atoms with Crippen LogP contribution < -0.4 is 22.3 Å². The van der Waals surface area contributed by atoms with Gasteiger partial charge in [-0.1, -0.05) is 12.1 Å². The van der Waals surface area contributed by atoms with Crippen molar-refractivity contribution in [1.29, 1.82) is 0 Å². The minimum atomic E-state index is -0.531. The van der Waals surface area contributed by atoms with Crippen molar-refractivity contribution < 1.29 is 4.52 Å². The van der Waals surface area contributed by atoms with Crippen molar-refractivity contribution in [2.45, 2.75) is 40.3 Å². The maximum absolute atomic E-state index is 11.9. The molecule has 0 saturated heterocycles. The van der Waals surface area contributed by atoms with Gasteiger partial charge in [0.2, 0.25) is 0 Å². The first-order valence-electron chi connectivity index (χ1n) is 6.73. The molecule has 4 N–H and O–H groups in total. The van der Waals surface area contributed by atoms with Gasteiger partial charge in [0.15, 0.2) is 0 Å². The van der Waals surface area contributed by atoms with Gasteiger partial charge < -0.3 is 15.6 Å². The quantitative estimate of drug-likeness (QED) is 0.748. The Morgan fingerprint density at radius 2 is 2.10 bits per heavy atom. The molecule has 0 unspecified atom stereocenters. The van der Waals surface area contributed by atoms with Gasteiger partial charge in [-0.15, -0.1) is 0 Å². The lowest BCUT2D eigenvalue weighted by molar-refractivity contribution is 0.392. The molecule has 0 radical (unpaired) electrons. The smallest absolute Gasteiger partial charge is 0.330 e. The summed E-state index contributed by atoms with van der Waals surface area (Å²) < 4.78 is 6.41.